The van der Waals surface area contributed by atoms with Gasteiger partial charge in [0, 0.05) is 37.1 Å². The number of phenols is 1. The minimum absolute atomic E-state index is 0.0432. The van der Waals surface area contributed by atoms with E-state index in [-0.39, 0.29) is 43.3 Å². The number of carbonyl (C=O) groups excluding carboxylic acids is 2. The highest BCUT2D eigenvalue weighted by molar-refractivity contribution is 7.99. The number of rotatable bonds is 14. The highest BCUT2D eigenvalue weighted by Crippen LogP contribution is 2.40. The molecule has 4 aromatic carbocycles. The van der Waals surface area contributed by atoms with Crippen molar-refractivity contribution >= 4 is 23.6 Å². The van der Waals surface area contributed by atoms with Gasteiger partial charge in [-0.3, -0.25) is 14.8 Å². The average molecular weight is 711 g/mol. The molecular weight excluding hydrogens is 673 g/mol. The molecule has 0 bridgehead atoms. The van der Waals surface area contributed by atoms with Gasteiger partial charge in [0.1, 0.15) is 5.75 Å². The molecule has 0 aliphatic carbocycles. The molecule has 0 radical (unpaired) electrons. The van der Waals surface area contributed by atoms with Crippen molar-refractivity contribution in [2.24, 2.45) is 0 Å². The van der Waals surface area contributed by atoms with Crippen molar-refractivity contribution in [1.29, 1.82) is 0 Å². The van der Waals surface area contributed by atoms with Crippen LogP contribution in [0.2, 0.25) is 0 Å². The Balaban J connectivity index is 1.17. The number of carbonyl (C=O) groups is 2. The minimum Gasteiger partial charge on any atom is -0.508 e. The molecule has 0 spiro atoms. The number of tetrazole rings is 1. The van der Waals surface area contributed by atoms with Gasteiger partial charge in [0.15, 0.2) is 6.29 Å². The molecular formula is C37H38N6O7S. The lowest BCUT2D eigenvalue weighted by atomic mass is 9.99. The van der Waals surface area contributed by atoms with E-state index in [9.17, 15) is 19.8 Å². The van der Waals surface area contributed by atoms with Crippen molar-refractivity contribution in [3.63, 3.8) is 0 Å². The first kappa shape index (κ1) is 35.7. The minimum atomic E-state index is -0.671. The molecule has 5 N–H and O–H groups in total. The van der Waals surface area contributed by atoms with Crippen molar-refractivity contribution in [1.82, 2.24) is 31.0 Å². The molecule has 1 aliphatic heterocycles. The number of hydrogen-bond acceptors (Lipinski definition) is 11. The van der Waals surface area contributed by atoms with E-state index in [1.807, 2.05) is 72.8 Å². The van der Waals surface area contributed by atoms with Gasteiger partial charge in [-0.25, -0.2) is 5.48 Å². The number of hydrogen-bond donors (Lipinski definition) is 5. The third-order valence-corrected chi connectivity index (χ3v) is 9.44. The summed E-state index contributed by atoms with van der Waals surface area (Å²) in [5.41, 5.74) is 7.77. The Morgan fingerprint density at radius 3 is 2.37 bits per heavy atom. The van der Waals surface area contributed by atoms with Crippen molar-refractivity contribution in [3.8, 4) is 22.6 Å². The molecule has 5 aromatic rings. The Morgan fingerprint density at radius 1 is 0.863 bits per heavy atom. The van der Waals surface area contributed by atoms with Crippen LogP contribution in [0, 0.1) is 0 Å². The number of hydroxylamine groups is 1. The van der Waals surface area contributed by atoms with Gasteiger partial charge in [-0.05, 0) is 81.1 Å². The smallest absolute Gasteiger partial charge is 0.243 e. The third kappa shape index (κ3) is 9.57. The van der Waals surface area contributed by atoms with Gasteiger partial charge in [-0.1, -0.05) is 72.4 Å². The third-order valence-electron chi connectivity index (χ3n) is 8.39. The molecule has 2 amide bonds. The molecule has 1 fully saturated rings. The SMILES string of the molecule is O=C(CCCC(=O)NCc1cccc(-c2cccc([C@@H]3O[C@H](CSc4nnnn4-c4ccc(O)cc4)C[C@H](c4ccc(CO)cc4)O3)c2)c1)NO. The van der Waals surface area contributed by atoms with Crippen molar-refractivity contribution in [3.05, 3.63) is 119 Å². The number of thioether (sulfide) groups is 1. The zero-order valence-electron chi connectivity index (χ0n) is 27.6. The number of benzene rings is 4. The molecule has 0 saturated carbocycles. The van der Waals surface area contributed by atoms with E-state index >= 15 is 0 Å². The number of aliphatic hydroxyl groups is 1. The Bertz CT molecular complexity index is 1920. The lowest BCUT2D eigenvalue weighted by Crippen LogP contribution is -2.31. The number of aliphatic hydroxyl groups excluding tert-OH is 1. The predicted molar refractivity (Wildman–Crippen MR) is 187 cm³/mol. The second-order valence-electron chi connectivity index (χ2n) is 12.0. The molecule has 14 heteroatoms. The second-order valence-corrected chi connectivity index (χ2v) is 13.0. The maximum absolute atomic E-state index is 12.3. The Hall–Kier alpha value is -5.12. The van der Waals surface area contributed by atoms with Gasteiger partial charge in [-0.15, -0.1) is 5.10 Å². The molecule has 3 atom stereocenters. The standard InChI is InChI=1S/C37H38N6O7S/c44-22-24-10-12-26(13-11-24)33-20-32(23-51-37-39-41-42-43(37)30-14-16-31(45)17-15-30)49-36(50-33)29-7-2-6-28(19-29)27-5-1-4-25(18-27)21-38-34(46)8-3-9-35(47)40-48/h1-2,4-7,10-19,32-33,36,44-45,48H,3,8-9,20-23H2,(H,38,46)(H,40,47)/t32-,33+,36+/m0/s1. The van der Waals surface area contributed by atoms with E-state index in [0.717, 1.165) is 39.1 Å². The van der Waals surface area contributed by atoms with E-state index in [0.29, 0.717) is 30.3 Å². The number of nitrogens with one attached hydrogen (secondary N) is 2. The van der Waals surface area contributed by atoms with E-state index in [1.165, 1.54) is 11.8 Å². The van der Waals surface area contributed by atoms with Gasteiger partial charge in [0.2, 0.25) is 17.0 Å². The van der Waals surface area contributed by atoms with Crippen LogP contribution in [-0.2, 0) is 32.2 Å². The maximum atomic E-state index is 12.3. The first-order chi connectivity index (χ1) is 24.9. The zero-order chi connectivity index (χ0) is 35.6. The maximum Gasteiger partial charge on any atom is 0.243 e. The van der Waals surface area contributed by atoms with E-state index in [2.05, 4.69) is 20.8 Å². The lowest BCUT2D eigenvalue weighted by molar-refractivity contribution is -0.245. The molecule has 1 saturated heterocycles. The van der Waals surface area contributed by atoms with Crippen LogP contribution in [0.3, 0.4) is 0 Å². The summed E-state index contributed by atoms with van der Waals surface area (Å²) in [6.45, 7) is 0.290. The topological polar surface area (TPSA) is 181 Å². The Labute approximate surface area is 298 Å². The number of nitrogens with zero attached hydrogens (tertiary/aromatic N) is 4. The van der Waals surface area contributed by atoms with Crippen LogP contribution >= 0.6 is 11.8 Å². The van der Waals surface area contributed by atoms with Crippen LogP contribution in [0.4, 0.5) is 0 Å². The molecule has 264 valence electrons. The largest absolute Gasteiger partial charge is 0.508 e. The quantitative estimate of drug-likeness (QED) is 0.0584. The summed E-state index contributed by atoms with van der Waals surface area (Å²) in [4.78, 5) is 23.5. The second kappa shape index (κ2) is 17.2. The molecule has 51 heavy (non-hydrogen) atoms. The lowest BCUT2D eigenvalue weighted by Gasteiger charge is -2.36. The van der Waals surface area contributed by atoms with E-state index < -0.39 is 12.2 Å². The average Bonchev–Trinajstić information content (AvgIpc) is 3.65. The van der Waals surface area contributed by atoms with E-state index in [1.54, 1.807) is 34.4 Å². The fourth-order valence-electron chi connectivity index (χ4n) is 5.70. The molecule has 0 unspecified atom stereocenters. The number of aromatic nitrogens is 4. The first-order valence-corrected chi connectivity index (χ1v) is 17.5. The highest BCUT2D eigenvalue weighted by Gasteiger charge is 2.33. The molecule has 2 heterocycles. The number of phenolic OH excluding ortho intramolecular Hbond substituents is 1. The molecule has 6 rings (SSSR count). The summed E-state index contributed by atoms with van der Waals surface area (Å²) in [5.74, 6) is 0.00568. The van der Waals surface area contributed by atoms with Crippen LogP contribution < -0.4 is 10.8 Å². The van der Waals surface area contributed by atoms with Crippen LogP contribution in [0.5, 0.6) is 5.75 Å². The van der Waals surface area contributed by atoms with Gasteiger partial charge in [-0.2, -0.15) is 4.68 Å². The molecule has 1 aliphatic rings. The first-order valence-electron chi connectivity index (χ1n) is 16.5. The molecule has 13 nitrogen and oxygen atoms in total. The Morgan fingerprint density at radius 2 is 1.61 bits per heavy atom. The van der Waals surface area contributed by atoms with Crippen LogP contribution in [0.25, 0.3) is 16.8 Å². The fraction of sp³-hybridized carbons (Fsp3) is 0.270. The fourth-order valence-corrected chi connectivity index (χ4v) is 6.60. The number of aromatic hydroxyl groups is 1. The number of ether oxygens (including phenoxy) is 2. The predicted octanol–water partition coefficient (Wildman–Crippen LogP) is 5.16. The van der Waals surface area contributed by atoms with E-state index in [4.69, 9.17) is 14.7 Å². The summed E-state index contributed by atoms with van der Waals surface area (Å²) in [6, 6.07) is 30.3. The zero-order valence-corrected chi connectivity index (χ0v) is 28.4. The van der Waals surface area contributed by atoms with Gasteiger partial charge < -0.3 is 25.0 Å². The normalized spacial score (nSPS) is 17.2. The summed E-state index contributed by atoms with van der Waals surface area (Å²) >= 11 is 1.47. The van der Waals surface area contributed by atoms with Crippen LogP contribution in [0.15, 0.2) is 102 Å². The van der Waals surface area contributed by atoms with Crippen molar-refractivity contribution in [2.75, 3.05) is 5.75 Å². The summed E-state index contributed by atoms with van der Waals surface area (Å²) in [7, 11) is 0. The monoisotopic (exact) mass is 710 g/mol. The van der Waals surface area contributed by atoms with Crippen LogP contribution in [0.1, 0.15) is 60.3 Å². The van der Waals surface area contributed by atoms with Gasteiger partial charge in [0.05, 0.1) is 24.5 Å². The summed E-state index contributed by atoms with van der Waals surface area (Å²) in [6.07, 6.45) is 0.00246. The Kier molecular flexibility index (Phi) is 12.0. The summed E-state index contributed by atoms with van der Waals surface area (Å²) in [5, 5.41) is 43.6. The molecule has 1 aromatic heterocycles. The highest BCUT2D eigenvalue weighted by atomic mass is 32.2. The number of amides is 2. The van der Waals surface area contributed by atoms with Crippen molar-refractivity contribution < 1.29 is 34.5 Å². The van der Waals surface area contributed by atoms with Gasteiger partial charge in [0.25, 0.3) is 0 Å². The summed E-state index contributed by atoms with van der Waals surface area (Å²) < 4.78 is 14.8. The van der Waals surface area contributed by atoms with Gasteiger partial charge >= 0.3 is 0 Å². The van der Waals surface area contributed by atoms with Crippen molar-refractivity contribution in [2.45, 2.75) is 62.5 Å². The van der Waals surface area contributed by atoms with Crippen LogP contribution in [-0.4, -0.2) is 59.3 Å².